The van der Waals surface area contributed by atoms with Gasteiger partial charge in [0.05, 0.1) is 0 Å². The van der Waals surface area contributed by atoms with Crippen LogP contribution in [-0.4, -0.2) is 13.3 Å². The maximum Gasteiger partial charge on any atom is 0.573 e. The molecule has 1 aromatic rings. The zero-order chi connectivity index (χ0) is 12.6. The predicted octanol–water partition coefficient (Wildman–Crippen LogP) is 3.29. The molecule has 0 atom stereocenters. The van der Waals surface area contributed by atoms with Gasteiger partial charge in [-0.15, -0.1) is 13.2 Å². The Hall–Kier alpha value is -1.05. The molecule has 0 aromatic heterocycles. The van der Waals surface area contributed by atoms with Crippen LogP contribution in [0, 0.1) is 0 Å². The largest absolute Gasteiger partial charge is 0.573 e. The van der Waals surface area contributed by atoms with Gasteiger partial charge in [-0.25, -0.2) is 0 Å². The summed E-state index contributed by atoms with van der Waals surface area (Å²) in [6, 6.07) is 1.63. The van der Waals surface area contributed by atoms with Crippen LogP contribution in [0.1, 0.15) is 0 Å². The molecule has 0 amide bonds. The van der Waals surface area contributed by atoms with Crippen molar-refractivity contribution in [2.75, 3.05) is 0 Å². The molecule has 0 heterocycles. The molecule has 0 saturated heterocycles. The Morgan fingerprint density at radius 1 is 1.12 bits per heavy atom. The van der Waals surface area contributed by atoms with Crippen LogP contribution in [0.25, 0.3) is 0 Å². The van der Waals surface area contributed by atoms with Gasteiger partial charge in [0.2, 0.25) is 0 Å². The van der Waals surface area contributed by atoms with Crippen molar-refractivity contribution in [3.05, 3.63) is 23.2 Å². The van der Waals surface area contributed by atoms with Gasteiger partial charge in [0.15, 0.2) is 0 Å². The summed E-state index contributed by atoms with van der Waals surface area (Å²) >= 11 is 5.21. The quantitative estimate of drug-likeness (QED) is 0.587. The van der Waals surface area contributed by atoms with Gasteiger partial charge in [-0.3, -0.25) is 0 Å². The van der Waals surface area contributed by atoms with E-state index in [2.05, 4.69) is 4.74 Å². The van der Waals surface area contributed by atoms with Crippen molar-refractivity contribution in [1.82, 2.24) is 0 Å². The molecule has 0 aliphatic carbocycles. The monoisotopic (exact) mass is 263 g/mol. The number of rotatable bonds is 2. The summed E-state index contributed by atoms with van der Waals surface area (Å²) in [5.41, 5.74) is -1.32. The molecule has 0 bridgehead atoms. The van der Waals surface area contributed by atoms with Crippen molar-refractivity contribution in [3.63, 3.8) is 0 Å². The third kappa shape index (κ3) is 3.51. The van der Waals surface area contributed by atoms with E-state index >= 15 is 0 Å². The standard InChI is InChI=1S/C7H3BClF6O/c9-6-2-1-4(16-7(10,11)12)3-5(6)8(13,14)15/h1-3H/q-1. The lowest BCUT2D eigenvalue weighted by Crippen LogP contribution is -2.35. The highest BCUT2D eigenvalue weighted by atomic mass is 35.5. The van der Waals surface area contributed by atoms with Crippen molar-refractivity contribution >= 4 is 24.0 Å². The van der Waals surface area contributed by atoms with Crippen LogP contribution in [0.2, 0.25) is 5.02 Å². The summed E-state index contributed by atoms with van der Waals surface area (Å²) in [5, 5.41) is -0.665. The van der Waals surface area contributed by atoms with Crippen molar-refractivity contribution in [2.24, 2.45) is 0 Å². The van der Waals surface area contributed by atoms with Crippen molar-refractivity contribution in [1.29, 1.82) is 0 Å². The lowest BCUT2D eigenvalue weighted by Gasteiger charge is -2.18. The van der Waals surface area contributed by atoms with E-state index in [0.29, 0.717) is 12.1 Å². The number of hydrogen-bond donors (Lipinski definition) is 0. The molecule has 0 saturated carbocycles. The Morgan fingerprint density at radius 2 is 1.69 bits per heavy atom. The van der Waals surface area contributed by atoms with Gasteiger partial charge in [-0.05, 0) is 18.2 Å². The number of benzene rings is 1. The fraction of sp³-hybridized carbons (Fsp3) is 0.143. The van der Waals surface area contributed by atoms with Gasteiger partial charge in [0.25, 0.3) is 0 Å². The summed E-state index contributed by atoms with van der Waals surface area (Å²) in [4.78, 5) is 0. The highest BCUT2D eigenvalue weighted by Gasteiger charge is 2.33. The molecule has 0 aliphatic heterocycles. The Morgan fingerprint density at radius 3 is 2.12 bits per heavy atom. The van der Waals surface area contributed by atoms with E-state index in [1.807, 2.05) is 0 Å². The minimum atomic E-state index is -5.48. The maximum absolute atomic E-state index is 12.3. The third-order valence-corrected chi connectivity index (χ3v) is 1.90. The van der Waals surface area contributed by atoms with Crippen molar-refractivity contribution < 1.29 is 30.9 Å². The summed E-state index contributed by atoms with van der Waals surface area (Å²) in [7, 11) is 0. The Balaban J connectivity index is 3.09. The highest BCUT2D eigenvalue weighted by molar-refractivity contribution is 6.76. The van der Waals surface area contributed by atoms with Crippen LogP contribution < -0.4 is 10.2 Å². The first-order valence-electron chi connectivity index (χ1n) is 3.85. The summed E-state index contributed by atoms with van der Waals surface area (Å²) in [5.74, 6) is -0.953. The van der Waals surface area contributed by atoms with E-state index in [1.54, 1.807) is 0 Å². The topological polar surface area (TPSA) is 9.23 Å². The smallest absolute Gasteiger partial charge is 0.445 e. The van der Waals surface area contributed by atoms with E-state index in [1.165, 1.54) is 0 Å². The molecule has 16 heavy (non-hydrogen) atoms. The highest BCUT2D eigenvalue weighted by Crippen LogP contribution is 2.25. The van der Waals surface area contributed by atoms with Gasteiger partial charge in [-0.1, -0.05) is 17.1 Å². The molecule has 1 nitrogen and oxygen atoms in total. The normalized spacial score (nSPS) is 12.7. The molecule has 0 aliphatic rings. The molecule has 1 aromatic carbocycles. The molecule has 0 spiro atoms. The average molecular weight is 263 g/mol. The lowest BCUT2D eigenvalue weighted by atomic mass is 9.80. The summed E-state index contributed by atoms with van der Waals surface area (Å²) in [6.07, 6.45) is -5.04. The summed E-state index contributed by atoms with van der Waals surface area (Å²) in [6.45, 7) is -5.48. The second kappa shape index (κ2) is 4.08. The van der Waals surface area contributed by atoms with Crippen LogP contribution in [0.5, 0.6) is 5.75 Å². The maximum atomic E-state index is 12.3. The van der Waals surface area contributed by atoms with Gasteiger partial charge < -0.3 is 17.7 Å². The van der Waals surface area contributed by atoms with E-state index in [0.717, 1.165) is 0 Å². The van der Waals surface area contributed by atoms with E-state index in [9.17, 15) is 26.1 Å². The van der Waals surface area contributed by atoms with Crippen molar-refractivity contribution in [3.8, 4) is 5.75 Å². The first kappa shape index (κ1) is 13.0. The van der Waals surface area contributed by atoms with Crippen LogP contribution in [0.3, 0.4) is 0 Å². The predicted molar refractivity (Wildman–Crippen MR) is 46.8 cm³/mol. The summed E-state index contributed by atoms with van der Waals surface area (Å²) < 4.78 is 75.5. The lowest BCUT2D eigenvalue weighted by molar-refractivity contribution is -0.274. The zero-order valence-electron chi connectivity index (χ0n) is 7.36. The van der Waals surface area contributed by atoms with E-state index < -0.39 is 29.6 Å². The molecule has 0 unspecified atom stereocenters. The van der Waals surface area contributed by atoms with Crippen LogP contribution >= 0.6 is 11.6 Å². The third-order valence-electron chi connectivity index (χ3n) is 1.55. The number of hydrogen-bond acceptors (Lipinski definition) is 1. The minimum Gasteiger partial charge on any atom is -0.445 e. The fourth-order valence-electron chi connectivity index (χ4n) is 0.970. The molecule has 0 fully saturated rings. The minimum absolute atomic E-state index is 0.218. The van der Waals surface area contributed by atoms with Gasteiger partial charge in [0, 0.05) is 5.02 Å². The Bertz CT molecular complexity index is 387. The SMILES string of the molecule is F[B-](F)(F)c1cc(OC(F)(F)F)ccc1Cl. The molecule has 90 valence electrons. The first-order valence-corrected chi connectivity index (χ1v) is 4.22. The number of halogens is 7. The van der Waals surface area contributed by atoms with Crippen LogP contribution in [-0.2, 0) is 0 Å². The first-order chi connectivity index (χ1) is 7.09. The van der Waals surface area contributed by atoms with E-state index in [4.69, 9.17) is 11.6 Å². The molecule has 0 N–H and O–H groups in total. The zero-order valence-corrected chi connectivity index (χ0v) is 8.12. The van der Waals surface area contributed by atoms with Gasteiger partial charge >= 0.3 is 13.3 Å². The Labute approximate surface area is 91.0 Å². The molecular formula is C7H3BClF6O-. The number of ether oxygens (including phenoxy) is 1. The molecule has 9 heteroatoms. The van der Waals surface area contributed by atoms with Gasteiger partial charge in [0.1, 0.15) is 5.75 Å². The molecule has 1 rings (SSSR count). The fourth-order valence-corrected chi connectivity index (χ4v) is 1.21. The van der Waals surface area contributed by atoms with Crippen LogP contribution in [0.15, 0.2) is 18.2 Å². The second-order valence-electron chi connectivity index (χ2n) is 2.81. The van der Waals surface area contributed by atoms with Crippen molar-refractivity contribution in [2.45, 2.75) is 6.36 Å². The Kier molecular flexibility index (Phi) is 3.32. The average Bonchev–Trinajstić information content (AvgIpc) is 2.04. The van der Waals surface area contributed by atoms with Gasteiger partial charge in [-0.2, -0.15) is 0 Å². The number of alkyl halides is 3. The second-order valence-corrected chi connectivity index (χ2v) is 3.21. The van der Waals surface area contributed by atoms with Crippen LogP contribution in [0.4, 0.5) is 26.1 Å². The van der Waals surface area contributed by atoms with E-state index in [-0.39, 0.29) is 6.07 Å². The molecule has 0 radical (unpaired) electrons. The molecular weight excluding hydrogens is 260 g/mol.